The zero-order chi connectivity index (χ0) is 14.7. The van der Waals surface area contributed by atoms with Gasteiger partial charge in [-0.25, -0.2) is 4.98 Å². The Bertz CT molecular complexity index is 726. The SMILES string of the molecule is Cc1ccc(C(=O)NCCc2cn3ccccc3n2)cc1. The molecule has 0 bridgehead atoms. The molecule has 0 spiro atoms. The molecule has 0 radical (unpaired) electrons. The number of carbonyl (C=O) groups excluding carboxylic acids is 1. The molecule has 3 aromatic rings. The molecule has 0 aliphatic rings. The molecule has 1 amide bonds. The maximum absolute atomic E-state index is 12.0. The van der Waals surface area contributed by atoms with Crippen LogP contribution in [0.25, 0.3) is 5.65 Å². The lowest BCUT2D eigenvalue weighted by atomic mass is 10.1. The third-order valence-corrected chi connectivity index (χ3v) is 3.39. The summed E-state index contributed by atoms with van der Waals surface area (Å²) in [6.07, 6.45) is 4.68. The van der Waals surface area contributed by atoms with Crippen molar-refractivity contribution in [2.45, 2.75) is 13.3 Å². The van der Waals surface area contributed by atoms with Gasteiger partial charge in [0.25, 0.3) is 5.91 Å². The molecule has 106 valence electrons. The predicted molar refractivity (Wildman–Crippen MR) is 82.4 cm³/mol. The van der Waals surface area contributed by atoms with Gasteiger partial charge in [-0.05, 0) is 31.2 Å². The number of benzene rings is 1. The van der Waals surface area contributed by atoms with Crippen LogP contribution in [-0.2, 0) is 6.42 Å². The van der Waals surface area contributed by atoms with Crippen molar-refractivity contribution in [3.05, 3.63) is 71.7 Å². The van der Waals surface area contributed by atoms with Crippen LogP contribution in [0.4, 0.5) is 0 Å². The Labute approximate surface area is 123 Å². The van der Waals surface area contributed by atoms with E-state index < -0.39 is 0 Å². The summed E-state index contributed by atoms with van der Waals surface area (Å²) in [4.78, 5) is 16.5. The highest BCUT2D eigenvalue weighted by molar-refractivity contribution is 5.94. The molecule has 2 aromatic heterocycles. The highest BCUT2D eigenvalue weighted by atomic mass is 16.1. The Balaban J connectivity index is 1.58. The monoisotopic (exact) mass is 279 g/mol. The number of rotatable bonds is 4. The molecule has 0 saturated carbocycles. The van der Waals surface area contributed by atoms with Gasteiger partial charge < -0.3 is 9.72 Å². The zero-order valence-electron chi connectivity index (χ0n) is 11.9. The van der Waals surface area contributed by atoms with E-state index >= 15 is 0 Å². The molecule has 0 atom stereocenters. The van der Waals surface area contributed by atoms with E-state index in [-0.39, 0.29) is 5.91 Å². The summed E-state index contributed by atoms with van der Waals surface area (Å²) >= 11 is 0. The maximum atomic E-state index is 12.0. The number of amides is 1. The fourth-order valence-corrected chi connectivity index (χ4v) is 2.22. The standard InChI is InChI=1S/C17H17N3O/c1-13-5-7-14(8-6-13)17(21)18-10-9-15-12-20-11-3-2-4-16(20)19-15/h2-8,11-12H,9-10H2,1H3,(H,18,21). The zero-order valence-corrected chi connectivity index (χ0v) is 11.9. The Kier molecular flexibility index (Phi) is 3.69. The Hall–Kier alpha value is -2.62. The van der Waals surface area contributed by atoms with Crippen LogP contribution in [0.1, 0.15) is 21.6 Å². The summed E-state index contributed by atoms with van der Waals surface area (Å²) in [5.74, 6) is -0.0428. The van der Waals surface area contributed by atoms with Gasteiger partial charge in [0.2, 0.25) is 0 Å². The van der Waals surface area contributed by atoms with Crippen LogP contribution < -0.4 is 5.32 Å². The predicted octanol–water partition coefficient (Wildman–Crippen LogP) is 2.62. The van der Waals surface area contributed by atoms with Crippen molar-refractivity contribution in [2.24, 2.45) is 0 Å². The first-order chi connectivity index (χ1) is 10.2. The molecule has 1 N–H and O–H groups in total. The van der Waals surface area contributed by atoms with Crippen LogP contribution in [0.5, 0.6) is 0 Å². The summed E-state index contributed by atoms with van der Waals surface area (Å²) in [5, 5.41) is 2.92. The van der Waals surface area contributed by atoms with Gasteiger partial charge in [-0.1, -0.05) is 23.8 Å². The number of hydrogen-bond donors (Lipinski definition) is 1. The lowest BCUT2D eigenvalue weighted by Gasteiger charge is -2.04. The Morgan fingerprint density at radius 2 is 2.00 bits per heavy atom. The van der Waals surface area contributed by atoms with Gasteiger partial charge in [0.15, 0.2) is 0 Å². The van der Waals surface area contributed by atoms with Crippen molar-refractivity contribution in [2.75, 3.05) is 6.54 Å². The van der Waals surface area contributed by atoms with E-state index in [2.05, 4.69) is 10.3 Å². The van der Waals surface area contributed by atoms with E-state index in [9.17, 15) is 4.79 Å². The molecule has 3 rings (SSSR count). The quantitative estimate of drug-likeness (QED) is 0.798. The molecule has 4 nitrogen and oxygen atoms in total. The maximum Gasteiger partial charge on any atom is 0.251 e. The molecule has 0 aliphatic heterocycles. The second-order valence-electron chi connectivity index (χ2n) is 5.07. The lowest BCUT2D eigenvalue weighted by Crippen LogP contribution is -2.25. The average Bonchev–Trinajstić information content (AvgIpc) is 2.90. The lowest BCUT2D eigenvalue weighted by molar-refractivity contribution is 0.0954. The van der Waals surface area contributed by atoms with Gasteiger partial charge in [0.1, 0.15) is 5.65 Å². The number of hydrogen-bond acceptors (Lipinski definition) is 2. The number of nitrogens with one attached hydrogen (secondary N) is 1. The number of aryl methyl sites for hydroxylation is 1. The third kappa shape index (κ3) is 3.11. The summed E-state index contributed by atoms with van der Waals surface area (Å²) in [5.41, 5.74) is 3.75. The first kappa shape index (κ1) is 13.4. The summed E-state index contributed by atoms with van der Waals surface area (Å²) in [7, 11) is 0. The number of carbonyl (C=O) groups is 1. The highest BCUT2D eigenvalue weighted by Crippen LogP contribution is 2.05. The fourth-order valence-electron chi connectivity index (χ4n) is 2.22. The minimum atomic E-state index is -0.0428. The van der Waals surface area contributed by atoms with Gasteiger partial charge in [-0.2, -0.15) is 0 Å². The van der Waals surface area contributed by atoms with Crippen molar-refractivity contribution in [1.82, 2.24) is 14.7 Å². The third-order valence-electron chi connectivity index (χ3n) is 3.39. The average molecular weight is 279 g/mol. The normalized spacial score (nSPS) is 10.7. The molecule has 0 fully saturated rings. The molecule has 0 unspecified atom stereocenters. The van der Waals surface area contributed by atoms with Gasteiger partial charge >= 0.3 is 0 Å². The Morgan fingerprint density at radius 1 is 1.19 bits per heavy atom. The molecular formula is C17H17N3O. The molecule has 0 aliphatic carbocycles. The summed E-state index contributed by atoms with van der Waals surface area (Å²) in [6, 6.07) is 13.5. The minimum absolute atomic E-state index is 0.0428. The van der Waals surface area contributed by atoms with E-state index in [0.29, 0.717) is 12.1 Å². The van der Waals surface area contributed by atoms with Gasteiger partial charge in [0.05, 0.1) is 5.69 Å². The van der Waals surface area contributed by atoms with Crippen molar-refractivity contribution in [3.63, 3.8) is 0 Å². The second-order valence-corrected chi connectivity index (χ2v) is 5.07. The smallest absolute Gasteiger partial charge is 0.251 e. The first-order valence-electron chi connectivity index (χ1n) is 7.00. The topological polar surface area (TPSA) is 46.4 Å². The largest absolute Gasteiger partial charge is 0.352 e. The van der Waals surface area contributed by atoms with Crippen LogP contribution in [0, 0.1) is 6.92 Å². The van der Waals surface area contributed by atoms with E-state index in [4.69, 9.17) is 0 Å². The van der Waals surface area contributed by atoms with E-state index in [1.807, 2.05) is 66.2 Å². The number of aromatic nitrogens is 2. The van der Waals surface area contributed by atoms with Crippen LogP contribution in [0.15, 0.2) is 54.9 Å². The van der Waals surface area contributed by atoms with Gasteiger partial charge in [-0.15, -0.1) is 0 Å². The molecular weight excluding hydrogens is 262 g/mol. The van der Waals surface area contributed by atoms with Crippen LogP contribution in [-0.4, -0.2) is 21.8 Å². The van der Waals surface area contributed by atoms with Crippen molar-refractivity contribution in [1.29, 1.82) is 0 Å². The summed E-state index contributed by atoms with van der Waals surface area (Å²) in [6.45, 7) is 2.59. The molecule has 21 heavy (non-hydrogen) atoms. The second kappa shape index (κ2) is 5.79. The highest BCUT2D eigenvalue weighted by Gasteiger charge is 2.05. The number of imidazole rings is 1. The van der Waals surface area contributed by atoms with E-state index in [0.717, 1.165) is 23.3 Å². The number of pyridine rings is 1. The summed E-state index contributed by atoms with van der Waals surface area (Å²) < 4.78 is 1.98. The molecule has 2 heterocycles. The van der Waals surface area contributed by atoms with Gasteiger partial charge in [-0.3, -0.25) is 4.79 Å². The molecule has 0 saturated heterocycles. The minimum Gasteiger partial charge on any atom is -0.352 e. The molecule has 4 heteroatoms. The van der Waals surface area contributed by atoms with Crippen molar-refractivity contribution in [3.8, 4) is 0 Å². The van der Waals surface area contributed by atoms with Crippen LogP contribution in [0.3, 0.4) is 0 Å². The van der Waals surface area contributed by atoms with Crippen molar-refractivity contribution >= 4 is 11.6 Å². The first-order valence-corrected chi connectivity index (χ1v) is 7.00. The fraction of sp³-hybridized carbons (Fsp3) is 0.176. The number of nitrogens with zero attached hydrogens (tertiary/aromatic N) is 2. The molecule has 1 aromatic carbocycles. The van der Waals surface area contributed by atoms with E-state index in [1.54, 1.807) is 0 Å². The van der Waals surface area contributed by atoms with Crippen LogP contribution >= 0.6 is 0 Å². The van der Waals surface area contributed by atoms with Crippen molar-refractivity contribution < 1.29 is 4.79 Å². The van der Waals surface area contributed by atoms with Crippen LogP contribution in [0.2, 0.25) is 0 Å². The van der Waals surface area contributed by atoms with E-state index in [1.165, 1.54) is 0 Å². The van der Waals surface area contributed by atoms with Gasteiger partial charge in [0, 0.05) is 30.9 Å². The Morgan fingerprint density at radius 3 is 2.76 bits per heavy atom. The number of fused-ring (bicyclic) bond motifs is 1.